The third kappa shape index (κ3) is 18.5. The highest BCUT2D eigenvalue weighted by Crippen LogP contribution is 2.26. The fourth-order valence-electron chi connectivity index (χ4n) is 5.25. The summed E-state index contributed by atoms with van der Waals surface area (Å²) in [5.74, 6) is 4.07. The van der Waals surface area contributed by atoms with Gasteiger partial charge < -0.3 is 10.6 Å². The number of nitrogens with one attached hydrogen (secondary N) is 2. The first-order valence-electron chi connectivity index (χ1n) is 16.3. The Bertz CT molecular complexity index is 813. The minimum absolute atomic E-state index is 0. The Morgan fingerprint density at radius 2 is 1.02 bits per heavy atom. The molecular formula is C39H70N2. The van der Waals surface area contributed by atoms with Crippen LogP contribution in [0.25, 0.3) is 0 Å². The lowest BCUT2D eigenvalue weighted by Crippen LogP contribution is -2.32. The summed E-state index contributed by atoms with van der Waals surface area (Å²) in [6.07, 6.45) is 23.8. The molecule has 6 atom stereocenters. The van der Waals surface area contributed by atoms with E-state index in [-0.39, 0.29) is 7.43 Å². The van der Waals surface area contributed by atoms with E-state index in [9.17, 15) is 0 Å². The largest absolute Gasteiger partial charge is 0.310 e. The second kappa shape index (κ2) is 21.1. The SMILES string of the molecule is C.CC(C)=CC(CC(C)C1=CCC(C)C=C1)NCC(C)C.CC(C)=CC(C[C@H](C)C1=CCC(C)C=C1)NCC(C)C. The molecule has 0 bridgehead atoms. The van der Waals surface area contributed by atoms with Crippen LogP contribution in [0.4, 0.5) is 0 Å². The first-order valence-corrected chi connectivity index (χ1v) is 16.3. The average Bonchev–Trinajstić information content (AvgIpc) is 2.86. The zero-order chi connectivity index (χ0) is 30.2. The monoisotopic (exact) mass is 567 g/mol. The van der Waals surface area contributed by atoms with E-state index in [1.165, 1.54) is 48.0 Å². The van der Waals surface area contributed by atoms with Gasteiger partial charge in [-0.25, -0.2) is 0 Å². The molecular weight excluding hydrogens is 496 g/mol. The summed E-state index contributed by atoms with van der Waals surface area (Å²) < 4.78 is 0. The van der Waals surface area contributed by atoms with Crippen LogP contribution < -0.4 is 10.6 Å². The standard InChI is InChI=1S/2C19H33N.CH4/c2*1-14(2)11-19(20-13-15(3)4)12-17(6)18-9-7-16(5)8-10-18;/h2*7,9-11,15-17,19-20H,8,12-13H2,1-6H3;1H4/t16?,17-,19?;;/m0../s1. The Kier molecular flexibility index (Phi) is 20.3. The maximum atomic E-state index is 3.70. The van der Waals surface area contributed by atoms with Crippen molar-refractivity contribution >= 4 is 0 Å². The van der Waals surface area contributed by atoms with Gasteiger partial charge in [0.15, 0.2) is 0 Å². The molecule has 2 N–H and O–H groups in total. The second-order valence-electron chi connectivity index (χ2n) is 14.1. The summed E-state index contributed by atoms with van der Waals surface area (Å²) in [5, 5.41) is 7.40. The van der Waals surface area contributed by atoms with Gasteiger partial charge in [0.1, 0.15) is 0 Å². The summed E-state index contributed by atoms with van der Waals surface area (Å²) in [4.78, 5) is 0. The van der Waals surface area contributed by atoms with Gasteiger partial charge in [0.2, 0.25) is 0 Å². The number of hydrogen-bond acceptors (Lipinski definition) is 2. The van der Waals surface area contributed by atoms with Crippen molar-refractivity contribution in [3.05, 3.63) is 70.9 Å². The molecule has 0 saturated heterocycles. The van der Waals surface area contributed by atoms with E-state index < -0.39 is 0 Å². The van der Waals surface area contributed by atoms with Crippen LogP contribution in [0.2, 0.25) is 0 Å². The molecule has 0 aromatic rings. The number of allylic oxidation sites excluding steroid dienone is 10. The summed E-state index contributed by atoms with van der Waals surface area (Å²) in [6.45, 7) is 29.3. The minimum atomic E-state index is 0. The molecule has 5 unspecified atom stereocenters. The van der Waals surface area contributed by atoms with Crippen LogP contribution in [0.5, 0.6) is 0 Å². The lowest BCUT2D eigenvalue weighted by molar-refractivity contribution is 0.452. The molecule has 0 aromatic carbocycles. The van der Waals surface area contributed by atoms with Crippen molar-refractivity contribution in [2.45, 2.75) is 128 Å². The zero-order valence-corrected chi connectivity index (χ0v) is 28.5. The predicted molar refractivity (Wildman–Crippen MR) is 188 cm³/mol. The highest BCUT2D eigenvalue weighted by molar-refractivity contribution is 5.27. The second-order valence-corrected chi connectivity index (χ2v) is 14.1. The van der Waals surface area contributed by atoms with E-state index in [2.05, 4.69) is 142 Å². The Labute approximate surface area is 258 Å². The van der Waals surface area contributed by atoms with Crippen molar-refractivity contribution in [1.82, 2.24) is 10.6 Å². The minimum Gasteiger partial charge on any atom is -0.310 e. The lowest BCUT2D eigenvalue weighted by atomic mass is 9.87. The molecule has 0 radical (unpaired) electrons. The van der Waals surface area contributed by atoms with Gasteiger partial charge in [-0.15, -0.1) is 0 Å². The number of hydrogen-bond donors (Lipinski definition) is 2. The van der Waals surface area contributed by atoms with Crippen LogP contribution in [-0.2, 0) is 0 Å². The van der Waals surface area contributed by atoms with E-state index in [0.717, 1.165) is 13.1 Å². The normalized spacial score (nSPS) is 21.0. The van der Waals surface area contributed by atoms with Gasteiger partial charge in [-0.05, 0) is 113 Å². The maximum Gasteiger partial charge on any atom is 0.0258 e. The van der Waals surface area contributed by atoms with Crippen molar-refractivity contribution in [2.24, 2.45) is 35.5 Å². The first-order chi connectivity index (χ1) is 18.8. The van der Waals surface area contributed by atoms with Crippen molar-refractivity contribution in [3.8, 4) is 0 Å². The molecule has 2 heteroatoms. The molecule has 0 spiro atoms. The predicted octanol–water partition coefficient (Wildman–Crippen LogP) is 10.9. The van der Waals surface area contributed by atoms with Crippen LogP contribution in [-0.4, -0.2) is 25.2 Å². The Morgan fingerprint density at radius 1 is 0.683 bits per heavy atom. The van der Waals surface area contributed by atoms with Crippen LogP contribution in [0.15, 0.2) is 70.9 Å². The van der Waals surface area contributed by atoms with E-state index in [1.807, 2.05) is 0 Å². The zero-order valence-electron chi connectivity index (χ0n) is 28.5. The van der Waals surface area contributed by atoms with Crippen LogP contribution in [0.1, 0.15) is 116 Å². The van der Waals surface area contributed by atoms with Crippen molar-refractivity contribution < 1.29 is 0 Å². The molecule has 236 valence electrons. The van der Waals surface area contributed by atoms with Gasteiger partial charge in [-0.1, -0.05) is 123 Å². The molecule has 0 amide bonds. The van der Waals surface area contributed by atoms with Crippen LogP contribution in [0.3, 0.4) is 0 Å². The fraction of sp³-hybridized carbons (Fsp3) is 0.692. The number of rotatable bonds is 14. The van der Waals surface area contributed by atoms with Gasteiger partial charge in [-0.2, -0.15) is 0 Å². The molecule has 0 heterocycles. The van der Waals surface area contributed by atoms with E-state index >= 15 is 0 Å². The molecule has 0 saturated carbocycles. The van der Waals surface area contributed by atoms with Gasteiger partial charge in [-0.3, -0.25) is 0 Å². The summed E-state index contributed by atoms with van der Waals surface area (Å²) >= 11 is 0. The maximum absolute atomic E-state index is 3.70. The quantitative estimate of drug-likeness (QED) is 0.204. The van der Waals surface area contributed by atoms with Crippen molar-refractivity contribution in [1.29, 1.82) is 0 Å². The molecule has 2 aliphatic rings. The van der Waals surface area contributed by atoms with E-state index in [0.29, 0.717) is 47.6 Å². The molecule has 0 aromatic heterocycles. The van der Waals surface area contributed by atoms with Gasteiger partial charge >= 0.3 is 0 Å². The molecule has 2 aliphatic carbocycles. The Balaban J connectivity index is 0.000000762. The topological polar surface area (TPSA) is 24.1 Å². The average molecular weight is 567 g/mol. The third-order valence-corrected chi connectivity index (χ3v) is 7.68. The van der Waals surface area contributed by atoms with Crippen LogP contribution >= 0.6 is 0 Å². The molecule has 2 nitrogen and oxygen atoms in total. The van der Waals surface area contributed by atoms with Crippen molar-refractivity contribution in [2.75, 3.05) is 13.1 Å². The van der Waals surface area contributed by atoms with Crippen molar-refractivity contribution in [3.63, 3.8) is 0 Å². The van der Waals surface area contributed by atoms with E-state index in [1.54, 1.807) is 0 Å². The lowest BCUT2D eigenvalue weighted by Gasteiger charge is -2.24. The third-order valence-electron chi connectivity index (χ3n) is 7.68. The fourth-order valence-corrected chi connectivity index (χ4v) is 5.25. The van der Waals surface area contributed by atoms with E-state index in [4.69, 9.17) is 0 Å². The summed E-state index contributed by atoms with van der Waals surface area (Å²) in [5.41, 5.74) is 5.84. The highest BCUT2D eigenvalue weighted by Gasteiger charge is 2.17. The van der Waals surface area contributed by atoms with Crippen LogP contribution in [0, 0.1) is 35.5 Å². The van der Waals surface area contributed by atoms with Gasteiger partial charge in [0, 0.05) is 12.1 Å². The smallest absolute Gasteiger partial charge is 0.0258 e. The molecule has 41 heavy (non-hydrogen) atoms. The summed E-state index contributed by atoms with van der Waals surface area (Å²) in [6, 6.07) is 0.983. The molecule has 2 rings (SSSR count). The van der Waals surface area contributed by atoms with Gasteiger partial charge in [0.25, 0.3) is 0 Å². The highest BCUT2D eigenvalue weighted by atomic mass is 14.9. The van der Waals surface area contributed by atoms with Gasteiger partial charge in [0.05, 0.1) is 0 Å². The Morgan fingerprint density at radius 3 is 1.27 bits per heavy atom. The Hall–Kier alpha value is -1.64. The summed E-state index contributed by atoms with van der Waals surface area (Å²) in [7, 11) is 0. The molecule has 0 fully saturated rings. The first kappa shape index (κ1) is 39.4. The molecule has 0 aliphatic heterocycles.